The summed E-state index contributed by atoms with van der Waals surface area (Å²) < 4.78 is 25.0. The molecule has 0 bridgehead atoms. The molecule has 1 atom stereocenters. The first-order valence-electron chi connectivity index (χ1n) is 7.27. The van der Waals surface area contributed by atoms with Gasteiger partial charge in [-0.3, -0.25) is 4.21 Å². The number of hydrogen-bond acceptors (Lipinski definition) is 2. The molecule has 2 aromatic rings. The van der Waals surface area contributed by atoms with Gasteiger partial charge < -0.3 is 5.11 Å². The number of rotatable bonds is 3. The molecule has 1 aliphatic carbocycles. The van der Waals surface area contributed by atoms with E-state index in [2.05, 4.69) is 0 Å². The lowest BCUT2D eigenvalue weighted by Gasteiger charge is -2.05. The topological polar surface area (TPSA) is 37.3 Å². The Morgan fingerprint density at radius 3 is 2.43 bits per heavy atom. The fourth-order valence-electron chi connectivity index (χ4n) is 2.88. The van der Waals surface area contributed by atoms with E-state index in [1.54, 1.807) is 12.3 Å². The second kappa shape index (κ2) is 6.22. The summed E-state index contributed by atoms with van der Waals surface area (Å²) >= 11 is 0. The van der Waals surface area contributed by atoms with Crippen LogP contribution >= 0.6 is 0 Å². The molecule has 3 rings (SSSR count). The molecule has 0 heterocycles. The van der Waals surface area contributed by atoms with E-state index in [9.17, 15) is 13.7 Å². The van der Waals surface area contributed by atoms with Crippen molar-refractivity contribution in [2.45, 2.75) is 11.8 Å². The predicted molar refractivity (Wildman–Crippen MR) is 92.7 cm³/mol. The van der Waals surface area contributed by atoms with Crippen LogP contribution in [0.3, 0.4) is 0 Å². The number of hydrogen-bond donors (Lipinski definition) is 1. The Morgan fingerprint density at radius 1 is 1.13 bits per heavy atom. The zero-order chi connectivity index (χ0) is 16.6. The van der Waals surface area contributed by atoms with Crippen LogP contribution in [0.15, 0.2) is 52.9 Å². The first-order valence-corrected chi connectivity index (χ1v) is 8.83. The fourth-order valence-corrected chi connectivity index (χ4v) is 3.40. The third kappa shape index (κ3) is 2.92. The Bertz CT molecular complexity index is 848. The van der Waals surface area contributed by atoms with Gasteiger partial charge in [0.1, 0.15) is 5.82 Å². The van der Waals surface area contributed by atoms with Crippen LogP contribution in [0.2, 0.25) is 0 Å². The maximum atomic E-state index is 13.5. The Morgan fingerprint density at radius 2 is 1.83 bits per heavy atom. The molecule has 0 spiro atoms. The van der Waals surface area contributed by atoms with Crippen molar-refractivity contribution in [1.29, 1.82) is 0 Å². The lowest BCUT2D eigenvalue weighted by atomic mass is 10.0. The molecule has 0 aromatic heterocycles. The number of allylic oxidation sites excluding steroid dienone is 2. The minimum Gasteiger partial charge on any atom is -0.392 e. The molecule has 2 aromatic carbocycles. The third-order valence-electron chi connectivity index (χ3n) is 4.13. The number of aliphatic hydroxyl groups excluding tert-OH is 1. The standard InChI is InChI=1S/C19H17FO2S/c1-12-17(9-13-3-6-15(7-4-13)23(2)22)16-8-5-14(20)10-18(16)19(12)11-21/h3-10,21H,11H2,1-2H3. The molecule has 2 nitrogen and oxygen atoms in total. The Hall–Kier alpha value is -2.04. The molecular weight excluding hydrogens is 311 g/mol. The molecule has 4 heteroatoms. The number of fused-ring (bicyclic) bond motifs is 1. The number of halogens is 1. The highest BCUT2D eigenvalue weighted by atomic mass is 32.2. The van der Waals surface area contributed by atoms with Crippen LogP contribution in [0, 0.1) is 5.82 Å². The van der Waals surface area contributed by atoms with Gasteiger partial charge in [-0.1, -0.05) is 18.2 Å². The van der Waals surface area contributed by atoms with Gasteiger partial charge in [-0.2, -0.15) is 0 Å². The van der Waals surface area contributed by atoms with Crippen molar-refractivity contribution in [3.8, 4) is 0 Å². The van der Waals surface area contributed by atoms with E-state index >= 15 is 0 Å². The van der Waals surface area contributed by atoms with Crippen LogP contribution in [-0.4, -0.2) is 22.2 Å². The molecule has 1 unspecified atom stereocenters. The molecule has 0 saturated heterocycles. The molecule has 1 aliphatic rings. The molecule has 0 fully saturated rings. The van der Waals surface area contributed by atoms with Crippen molar-refractivity contribution in [2.24, 2.45) is 0 Å². The first kappa shape index (κ1) is 15.8. The summed E-state index contributed by atoms with van der Waals surface area (Å²) in [5.41, 5.74) is 5.35. The van der Waals surface area contributed by atoms with E-state index in [0.717, 1.165) is 38.3 Å². The van der Waals surface area contributed by atoms with Crippen LogP contribution in [0.4, 0.5) is 4.39 Å². The van der Waals surface area contributed by atoms with Crippen molar-refractivity contribution in [3.05, 3.63) is 70.5 Å². The molecule has 0 radical (unpaired) electrons. The van der Waals surface area contributed by atoms with Crippen molar-refractivity contribution in [3.63, 3.8) is 0 Å². The Balaban J connectivity index is 2.09. The smallest absolute Gasteiger partial charge is 0.123 e. The maximum absolute atomic E-state index is 13.5. The summed E-state index contributed by atoms with van der Waals surface area (Å²) in [5, 5.41) is 9.61. The third-order valence-corrected chi connectivity index (χ3v) is 5.07. The zero-order valence-corrected chi connectivity index (χ0v) is 13.8. The van der Waals surface area contributed by atoms with E-state index in [4.69, 9.17) is 0 Å². The highest BCUT2D eigenvalue weighted by molar-refractivity contribution is 7.84. The van der Waals surface area contributed by atoms with E-state index < -0.39 is 10.8 Å². The Labute approximate surface area is 137 Å². The number of benzene rings is 2. The summed E-state index contributed by atoms with van der Waals surface area (Å²) in [6.07, 6.45) is 3.66. The van der Waals surface area contributed by atoms with Crippen molar-refractivity contribution < 1.29 is 13.7 Å². The summed E-state index contributed by atoms with van der Waals surface area (Å²) in [6, 6.07) is 12.2. The van der Waals surface area contributed by atoms with Gasteiger partial charge in [0, 0.05) is 22.0 Å². The van der Waals surface area contributed by atoms with Crippen LogP contribution in [0.25, 0.3) is 17.2 Å². The van der Waals surface area contributed by atoms with E-state index in [1.807, 2.05) is 37.3 Å². The van der Waals surface area contributed by atoms with Crippen molar-refractivity contribution in [1.82, 2.24) is 0 Å². The minimum atomic E-state index is -0.999. The van der Waals surface area contributed by atoms with E-state index in [-0.39, 0.29) is 12.4 Å². The molecule has 1 N–H and O–H groups in total. The second-order valence-electron chi connectivity index (χ2n) is 5.53. The second-order valence-corrected chi connectivity index (χ2v) is 6.91. The van der Waals surface area contributed by atoms with Gasteiger partial charge in [-0.25, -0.2) is 4.39 Å². The highest BCUT2D eigenvalue weighted by Gasteiger charge is 2.23. The largest absolute Gasteiger partial charge is 0.392 e. The summed E-state index contributed by atoms with van der Waals surface area (Å²) in [4.78, 5) is 0.782. The average Bonchev–Trinajstić information content (AvgIpc) is 2.79. The maximum Gasteiger partial charge on any atom is 0.123 e. The molecule has 0 amide bonds. The molecule has 0 saturated carbocycles. The number of aliphatic hydroxyl groups is 1. The van der Waals surface area contributed by atoms with Gasteiger partial charge in [0.25, 0.3) is 0 Å². The van der Waals surface area contributed by atoms with Gasteiger partial charge in [0.2, 0.25) is 0 Å². The van der Waals surface area contributed by atoms with Crippen LogP contribution in [0.1, 0.15) is 23.6 Å². The van der Waals surface area contributed by atoms with E-state index in [1.165, 1.54) is 12.1 Å². The summed E-state index contributed by atoms with van der Waals surface area (Å²) in [5.74, 6) is -0.307. The van der Waals surface area contributed by atoms with Crippen molar-refractivity contribution in [2.75, 3.05) is 12.9 Å². The highest BCUT2D eigenvalue weighted by Crippen LogP contribution is 2.42. The Kier molecular flexibility index (Phi) is 4.28. The molecule has 23 heavy (non-hydrogen) atoms. The SMILES string of the molecule is CC1=C(CO)c2cc(F)ccc2C1=Cc1ccc(S(C)=O)cc1. The quantitative estimate of drug-likeness (QED) is 0.928. The normalized spacial score (nSPS) is 16.8. The average molecular weight is 328 g/mol. The lowest BCUT2D eigenvalue weighted by molar-refractivity contribution is 0.350. The van der Waals surface area contributed by atoms with E-state index in [0.29, 0.717) is 0 Å². The van der Waals surface area contributed by atoms with Crippen LogP contribution in [-0.2, 0) is 10.8 Å². The van der Waals surface area contributed by atoms with Gasteiger partial charge in [-0.05, 0) is 70.7 Å². The monoisotopic (exact) mass is 328 g/mol. The molecular formula is C19H17FO2S. The van der Waals surface area contributed by atoms with Crippen LogP contribution in [0.5, 0.6) is 0 Å². The summed E-state index contributed by atoms with van der Waals surface area (Å²) in [6.45, 7) is 1.82. The van der Waals surface area contributed by atoms with Crippen molar-refractivity contribution >= 4 is 28.0 Å². The fraction of sp³-hybridized carbons (Fsp3) is 0.158. The minimum absolute atomic E-state index is 0.118. The van der Waals surface area contributed by atoms with Gasteiger partial charge in [0.15, 0.2) is 0 Å². The molecule has 0 aliphatic heterocycles. The molecule has 118 valence electrons. The van der Waals surface area contributed by atoms with Gasteiger partial charge in [0.05, 0.1) is 6.61 Å². The van der Waals surface area contributed by atoms with Gasteiger partial charge in [-0.15, -0.1) is 0 Å². The lowest BCUT2D eigenvalue weighted by Crippen LogP contribution is -1.90. The zero-order valence-electron chi connectivity index (χ0n) is 13.0. The summed E-state index contributed by atoms with van der Waals surface area (Å²) in [7, 11) is -0.999. The predicted octanol–water partition coefficient (Wildman–Crippen LogP) is 3.88. The first-order chi connectivity index (χ1) is 11.0. The van der Waals surface area contributed by atoms with Gasteiger partial charge >= 0.3 is 0 Å². The van der Waals surface area contributed by atoms with Crippen LogP contribution < -0.4 is 0 Å².